The summed E-state index contributed by atoms with van der Waals surface area (Å²) in [6.07, 6.45) is 0. The van der Waals surface area contributed by atoms with Crippen molar-refractivity contribution in [3.8, 4) is 77.9 Å². The van der Waals surface area contributed by atoms with Crippen LogP contribution in [0.3, 0.4) is 0 Å². The van der Waals surface area contributed by atoms with Gasteiger partial charge in [-0.15, -0.1) is 0 Å². The van der Waals surface area contributed by atoms with Crippen molar-refractivity contribution in [2.75, 3.05) is 0 Å². The van der Waals surface area contributed by atoms with E-state index in [9.17, 15) is 0 Å². The van der Waals surface area contributed by atoms with Crippen molar-refractivity contribution in [3.63, 3.8) is 0 Å². The fourth-order valence-corrected chi connectivity index (χ4v) is 17.6. The molecule has 0 aliphatic rings. The molecular formula is C100H58O2. The highest BCUT2D eigenvalue weighted by Crippen LogP contribution is 2.51. The summed E-state index contributed by atoms with van der Waals surface area (Å²) in [5, 5.41) is 29.0. The van der Waals surface area contributed by atoms with Gasteiger partial charge in [-0.3, -0.25) is 0 Å². The minimum absolute atomic E-state index is 0.873. The van der Waals surface area contributed by atoms with Gasteiger partial charge in [0.1, 0.15) is 22.3 Å². The summed E-state index contributed by atoms with van der Waals surface area (Å²) in [4.78, 5) is 0. The van der Waals surface area contributed by atoms with Crippen LogP contribution >= 0.6 is 0 Å². The van der Waals surface area contributed by atoms with E-state index >= 15 is 0 Å². The minimum Gasteiger partial charge on any atom is -0.456 e. The van der Waals surface area contributed by atoms with E-state index in [1.165, 1.54) is 152 Å². The molecule has 2 heterocycles. The fourth-order valence-electron chi connectivity index (χ4n) is 17.6. The lowest BCUT2D eigenvalue weighted by Crippen LogP contribution is -1.92. The highest BCUT2D eigenvalue weighted by atomic mass is 16.3. The molecule has 0 aliphatic heterocycles. The van der Waals surface area contributed by atoms with Crippen LogP contribution in [-0.4, -0.2) is 0 Å². The van der Waals surface area contributed by atoms with E-state index in [4.69, 9.17) is 8.83 Å². The Hall–Kier alpha value is -13.4. The number of hydrogen-bond acceptors (Lipinski definition) is 2. The summed E-state index contributed by atoms with van der Waals surface area (Å²) in [7, 11) is 0. The maximum Gasteiger partial charge on any atom is 0.136 e. The summed E-state index contributed by atoms with van der Waals surface area (Å²) in [6.45, 7) is 0. The van der Waals surface area contributed by atoms with Gasteiger partial charge in [0.15, 0.2) is 0 Å². The summed E-state index contributed by atoms with van der Waals surface area (Å²) < 4.78 is 13.4. The molecule has 0 N–H and O–H groups in total. The van der Waals surface area contributed by atoms with E-state index in [-0.39, 0.29) is 0 Å². The molecule has 22 rings (SSSR count). The van der Waals surface area contributed by atoms with Crippen LogP contribution in [0.15, 0.2) is 361 Å². The summed E-state index contributed by atoms with van der Waals surface area (Å²) in [5.41, 5.74) is 20.3. The van der Waals surface area contributed by atoms with Gasteiger partial charge in [-0.2, -0.15) is 0 Å². The van der Waals surface area contributed by atoms with Crippen molar-refractivity contribution in [2.24, 2.45) is 0 Å². The number of hydrogen-bond donors (Lipinski definition) is 0. The Labute approximate surface area is 586 Å². The van der Waals surface area contributed by atoms with Gasteiger partial charge in [-0.25, -0.2) is 0 Å². The van der Waals surface area contributed by atoms with Gasteiger partial charge in [0, 0.05) is 21.5 Å². The number of furan rings is 2. The first-order valence-corrected chi connectivity index (χ1v) is 35.3. The van der Waals surface area contributed by atoms with Crippen LogP contribution in [-0.2, 0) is 0 Å². The SMILES string of the molecule is c1cc(-c2c3ccccc3c(-c3cc4ccccc4c4ccccc34)c3ccccc23)cc(-c2cccc3oc4cc5cc(-c6ccc7cc(-c8c9ccccc9c(-c9ccc(-c%10cccc%11oc%12cc%13ccccc%13cc%12c%10%11)cc9)c9ccccc89)c8ccccc8c7c6)ccc5cc4c23)c1. The van der Waals surface area contributed by atoms with Crippen LogP contribution in [0.1, 0.15) is 0 Å². The van der Waals surface area contributed by atoms with Crippen LogP contribution in [0.2, 0.25) is 0 Å². The Bertz CT molecular complexity index is 7250. The van der Waals surface area contributed by atoms with Crippen molar-refractivity contribution in [1.29, 1.82) is 0 Å². The molecule has 0 bridgehead atoms. The molecule has 0 fully saturated rings. The molecule has 102 heavy (non-hydrogen) atoms. The zero-order chi connectivity index (χ0) is 66.7. The molecule has 0 aliphatic carbocycles. The molecular weight excluding hydrogens is 1230 g/mol. The van der Waals surface area contributed by atoms with Gasteiger partial charge in [0.2, 0.25) is 0 Å². The Morgan fingerprint density at radius 1 is 0.137 bits per heavy atom. The lowest BCUT2D eigenvalue weighted by molar-refractivity contribution is 0.669. The molecule has 470 valence electrons. The molecule has 0 saturated heterocycles. The van der Waals surface area contributed by atoms with Crippen LogP contribution in [0.25, 0.3) is 229 Å². The molecule has 0 spiro atoms. The van der Waals surface area contributed by atoms with Crippen molar-refractivity contribution in [3.05, 3.63) is 352 Å². The Balaban J connectivity index is 0.621. The van der Waals surface area contributed by atoms with E-state index in [2.05, 4.69) is 352 Å². The Kier molecular flexibility index (Phi) is 12.2. The molecule has 0 saturated carbocycles. The first-order chi connectivity index (χ1) is 50.6. The molecule has 20 aromatic carbocycles. The van der Waals surface area contributed by atoms with E-state index in [0.29, 0.717) is 0 Å². The van der Waals surface area contributed by atoms with Gasteiger partial charge >= 0.3 is 0 Å². The standard InChI is InChI=1S/C100H58O2/c1-2-21-62-57-93-89(53-61(62)20-1)99-72(38-18-40-91(99)101-93)59-42-44-60(45-43-59)95-78-30-9-13-34-82(78)97(83-35-14-10-31-79(83)95)88-56-68-49-48-64(52-86(68)75-27-6-8-29-77(75)88)63-46-47-65-54-90-94(58-70(65)50-63)102-92-41-19-39-73(100(90)92)66-23-17-24-69(51-66)96-80-32-11-15-36-84(80)98(85-37-16-12-33-81(85)96)87-55-67-22-3-4-25-71(67)74-26-5-7-28-76(74)87/h1-58H. The first-order valence-electron chi connectivity index (χ1n) is 35.3. The van der Waals surface area contributed by atoms with Crippen molar-refractivity contribution in [1.82, 2.24) is 0 Å². The van der Waals surface area contributed by atoms with Crippen molar-refractivity contribution >= 4 is 152 Å². The maximum absolute atomic E-state index is 6.89. The van der Waals surface area contributed by atoms with Crippen LogP contribution in [0, 0.1) is 0 Å². The number of rotatable bonds is 7. The average Bonchev–Trinajstić information content (AvgIpc) is 1.05. The smallest absolute Gasteiger partial charge is 0.136 e. The van der Waals surface area contributed by atoms with E-state index < -0.39 is 0 Å². The predicted octanol–water partition coefficient (Wildman–Crippen LogP) is 28.7. The summed E-state index contributed by atoms with van der Waals surface area (Å²) >= 11 is 0. The van der Waals surface area contributed by atoms with Gasteiger partial charge in [0.25, 0.3) is 0 Å². The molecule has 2 heteroatoms. The normalized spacial score (nSPS) is 12.1. The molecule has 0 atom stereocenters. The summed E-state index contributed by atoms with van der Waals surface area (Å²) in [5.74, 6) is 0. The quantitative estimate of drug-likeness (QED) is 0.117. The zero-order valence-electron chi connectivity index (χ0n) is 55.3. The highest BCUT2D eigenvalue weighted by Gasteiger charge is 2.24. The van der Waals surface area contributed by atoms with E-state index in [1.54, 1.807) is 0 Å². The topological polar surface area (TPSA) is 26.3 Å². The molecule has 2 aromatic heterocycles. The van der Waals surface area contributed by atoms with Crippen molar-refractivity contribution in [2.45, 2.75) is 0 Å². The predicted molar refractivity (Wildman–Crippen MR) is 434 cm³/mol. The Morgan fingerprint density at radius 3 is 1.05 bits per heavy atom. The first kappa shape index (κ1) is 56.6. The zero-order valence-corrected chi connectivity index (χ0v) is 55.3. The third kappa shape index (κ3) is 8.54. The van der Waals surface area contributed by atoms with Crippen molar-refractivity contribution < 1.29 is 8.83 Å². The third-order valence-corrected chi connectivity index (χ3v) is 22.1. The van der Waals surface area contributed by atoms with Crippen LogP contribution < -0.4 is 0 Å². The third-order valence-electron chi connectivity index (χ3n) is 22.1. The molecule has 22 aromatic rings. The van der Waals surface area contributed by atoms with E-state index in [1.807, 2.05) is 0 Å². The monoisotopic (exact) mass is 1290 g/mol. The molecule has 2 nitrogen and oxygen atoms in total. The maximum atomic E-state index is 6.89. The van der Waals surface area contributed by atoms with Gasteiger partial charge in [-0.05, 0) is 252 Å². The van der Waals surface area contributed by atoms with Gasteiger partial charge in [-0.1, -0.05) is 285 Å². The van der Waals surface area contributed by atoms with E-state index in [0.717, 1.165) is 77.1 Å². The summed E-state index contributed by atoms with van der Waals surface area (Å²) in [6, 6.07) is 130. The second-order valence-electron chi connectivity index (χ2n) is 27.6. The molecule has 0 unspecified atom stereocenters. The highest BCUT2D eigenvalue weighted by molar-refractivity contribution is 6.29. The molecule has 0 amide bonds. The lowest BCUT2D eigenvalue weighted by Gasteiger charge is -2.20. The number of benzene rings is 20. The fraction of sp³-hybridized carbons (Fsp3) is 0. The van der Waals surface area contributed by atoms with Crippen LogP contribution in [0.5, 0.6) is 0 Å². The molecule has 0 radical (unpaired) electrons. The minimum atomic E-state index is 0.873. The second-order valence-corrected chi connectivity index (χ2v) is 27.6. The largest absolute Gasteiger partial charge is 0.456 e. The second kappa shape index (κ2) is 22.1. The van der Waals surface area contributed by atoms with Gasteiger partial charge in [0.05, 0.1) is 0 Å². The Morgan fingerprint density at radius 2 is 0.500 bits per heavy atom. The van der Waals surface area contributed by atoms with Crippen LogP contribution in [0.4, 0.5) is 0 Å². The average molecular weight is 1290 g/mol. The lowest BCUT2D eigenvalue weighted by atomic mass is 9.83. The van der Waals surface area contributed by atoms with Gasteiger partial charge < -0.3 is 8.83 Å². The number of fused-ring (bicyclic) bond motifs is 18.